The fourth-order valence-electron chi connectivity index (χ4n) is 2.47. The van der Waals surface area contributed by atoms with Gasteiger partial charge in [-0.1, -0.05) is 33.6 Å². The van der Waals surface area contributed by atoms with Gasteiger partial charge in [0.25, 0.3) is 0 Å². The molecule has 1 rings (SSSR count). The highest BCUT2D eigenvalue weighted by atomic mass is 16.1. The van der Waals surface area contributed by atoms with Crippen LogP contribution in [0.15, 0.2) is 0 Å². The molecule has 0 radical (unpaired) electrons. The van der Waals surface area contributed by atoms with Gasteiger partial charge in [-0.3, -0.25) is 4.79 Å². The SMILES string of the molecule is CCCC1CC(=O)CC(C)(C)C1. The second-order valence-electron chi connectivity index (χ2n) is 4.94. The van der Waals surface area contributed by atoms with Crippen LogP contribution in [0.3, 0.4) is 0 Å². The minimum atomic E-state index is 0.273. The van der Waals surface area contributed by atoms with Crippen molar-refractivity contribution in [3.8, 4) is 0 Å². The zero-order valence-electron chi connectivity index (χ0n) is 8.52. The van der Waals surface area contributed by atoms with Crippen molar-refractivity contribution in [2.75, 3.05) is 0 Å². The molecule has 0 aliphatic heterocycles. The summed E-state index contributed by atoms with van der Waals surface area (Å²) in [5, 5.41) is 0. The molecule has 0 aromatic rings. The molecule has 1 fully saturated rings. The maximum Gasteiger partial charge on any atom is 0.133 e. The Morgan fingerprint density at radius 1 is 1.50 bits per heavy atom. The summed E-state index contributed by atoms with van der Waals surface area (Å²) in [6, 6.07) is 0. The first-order chi connectivity index (χ1) is 5.53. The third-order valence-electron chi connectivity index (χ3n) is 2.73. The van der Waals surface area contributed by atoms with E-state index in [4.69, 9.17) is 0 Å². The zero-order valence-corrected chi connectivity index (χ0v) is 8.52. The third kappa shape index (κ3) is 2.62. The number of hydrogen-bond acceptors (Lipinski definition) is 1. The van der Waals surface area contributed by atoms with E-state index in [0.29, 0.717) is 11.7 Å². The van der Waals surface area contributed by atoms with Crippen molar-refractivity contribution in [2.45, 2.75) is 52.9 Å². The normalized spacial score (nSPS) is 28.9. The van der Waals surface area contributed by atoms with E-state index < -0.39 is 0 Å². The van der Waals surface area contributed by atoms with Crippen LogP contribution in [0.1, 0.15) is 52.9 Å². The van der Waals surface area contributed by atoms with Crippen molar-refractivity contribution in [3.63, 3.8) is 0 Å². The third-order valence-corrected chi connectivity index (χ3v) is 2.73. The van der Waals surface area contributed by atoms with Gasteiger partial charge in [0.2, 0.25) is 0 Å². The monoisotopic (exact) mass is 168 g/mol. The van der Waals surface area contributed by atoms with Crippen LogP contribution in [-0.2, 0) is 4.79 Å². The fraction of sp³-hybridized carbons (Fsp3) is 0.909. The molecule has 0 amide bonds. The summed E-state index contributed by atoms with van der Waals surface area (Å²) in [5.74, 6) is 1.15. The van der Waals surface area contributed by atoms with Gasteiger partial charge in [-0.15, -0.1) is 0 Å². The summed E-state index contributed by atoms with van der Waals surface area (Å²) < 4.78 is 0. The number of carbonyl (C=O) groups is 1. The van der Waals surface area contributed by atoms with E-state index >= 15 is 0 Å². The molecule has 1 aliphatic rings. The molecular formula is C11H20O. The van der Waals surface area contributed by atoms with Crippen LogP contribution < -0.4 is 0 Å². The van der Waals surface area contributed by atoms with Crippen LogP contribution in [0.25, 0.3) is 0 Å². The van der Waals surface area contributed by atoms with Gasteiger partial charge >= 0.3 is 0 Å². The van der Waals surface area contributed by atoms with Gasteiger partial charge in [0.15, 0.2) is 0 Å². The van der Waals surface area contributed by atoms with Crippen LogP contribution in [-0.4, -0.2) is 5.78 Å². The molecule has 0 aromatic heterocycles. The summed E-state index contributed by atoms with van der Waals surface area (Å²) in [7, 11) is 0. The average Bonchev–Trinajstić information content (AvgIpc) is 1.82. The van der Waals surface area contributed by atoms with Crippen molar-refractivity contribution in [1.29, 1.82) is 0 Å². The highest BCUT2D eigenvalue weighted by Gasteiger charge is 2.31. The summed E-state index contributed by atoms with van der Waals surface area (Å²) in [6.07, 6.45) is 5.33. The van der Waals surface area contributed by atoms with Gasteiger partial charge < -0.3 is 0 Å². The van der Waals surface area contributed by atoms with Gasteiger partial charge in [0.1, 0.15) is 5.78 Å². The lowest BCUT2D eigenvalue weighted by molar-refractivity contribution is -0.124. The van der Waals surface area contributed by atoms with Crippen molar-refractivity contribution in [1.82, 2.24) is 0 Å². The minimum Gasteiger partial charge on any atom is -0.300 e. The second-order valence-corrected chi connectivity index (χ2v) is 4.94. The van der Waals surface area contributed by atoms with Crippen LogP contribution in [0.4, 0.5) is 0 Å². The summed E-state index contributed by atoms with van der Waals surface area (Å²) in [5.41, 5.74) is 0.273. The average molecular weight is 168 g/mol. The van der Waals surface area contributed by atoms with E-state index in [1.807, 2.05) is 0 Å². The molecule has 1 heteroatoms. The standard InChI is InChI=1S/C11H20O/c1-4-5-9-6-10(12)8-11(2,3)7-9/h9H,4-8H2,1-3H3. The van der Waals surface area contributed by atoms with E-state index in [1.165, 1.54) is 19.3 Å². The number of carbonyl (C=O) groups excluding carboxylic acids is 1. The minimum absolute atomic E-state index is 0.273. The van der Waals surface area contributed by atoms with E-state index in [0.717, 1.165) is 12.8 Å². The Morgan fingerprint density at radius 3 is 2.67 bits per heavy atom. The van der Waals surface area contributed by atoms with E-state index in [2.05, 4.69) is 20.8 Å². The molecule has 1 aliphatic carbocycles. The van der Waals surface area contributed by atoms with Crippen molar-refractivity contribution in [3.05, 3.63) is 0 Å². The Bertz CT molecular complexity index is 170. The van der Waals surface area contributed by atoms with Crippen LogP contribution in [0, 0.1) is 11.3 Å². The number of rotatable bonds is 2. The van der Waals surface area contributed by atoms with E-state index in [1.54, 1.807) is 0 Å². The molecule has 1 nitrogen and oxygen atoms in total. The lowest BCUT2D eigenvalue weighted by Crippen LogP contribution is -2.28. The molecule has 70 valence electrons. The molecule has 1 saturated carbocycles. The number of Topliss-reactive ketones (excluding diaryl/α,β-unsaturated/α-hetero) is 1. The lowest BCUT2D eigenvalue weighted by atomic mass is 9.70. The van der Waals surface area contributed by atoms with E-state index in [9.17, 15) is 4.79 Å². The Hall–Kier alpha value is -0.330. The maximum atomic E-state index is 11.4. The van der Waals surface area contributed by atoms with Gasteiger partial charge in [-0.2, -0.15) is 0 Å². The molecule has 0 N–H and O–H groups in total. The van der Waals surface area contributed by atoms with Gasteiger partial charge in [-0.25, -0.2) is 0 Å². The molecule has 1 atom stereocenters. The molecule has 0 aromatic carbocycles. The molecular weight excluding hydrogens is 148 g/mol. The Morgan fingerprint density at radius 2 is 2.17 bits per heavy atom. The Labute approximate surface area is 75.5 Å². The number of hydrogen-bond donors (Lipinski definition) is 0. The quantitative estimate of drug-likeness (QED) is 0.619. The van der Waals surface area contributed by atoms with Gasteiger partial charge in [0.05, 0.1) is 0 Å². The lowest BCUT2D eigenvalue weighted by Gasteiger charge is -2.34. The van der Waals surface area contributed by atoms with Crippen LogP contribution >= 0.6 is 0 Å². The molecule has 0 spiro atoms. The zero-order chi connectivity index (χ0) is 9.19. The predicted molar refractivity (Wildman–Crippen MR) is 51.0 cm³/mol. The molecule has 0 saturated heterocycles. The van der Waals surface area contributed by atoms with Crippen LogP contribution in [0.5, 0.6) is 0 Å². The smallest absolute Gasteiger partial charge is 0.133 e. The molecule has 12 heavy (non-hydrogen) atoms. The highest BCUT2D eigenvalue weighted by molar-refractivity contribution is 5.80. The first-order valence-electron chi connectivity index (χ1n) is 5.05. The van der Waals surface area contributed by atoms with Crippen LogP contribution in [0.2, 0.25) is 0 Å². The largest absolute Gasteiger partial charge is 0.300 e. The Kier molecular flexibility index (Phi) is 2.92. The topological polar surface area (TPSA) is 17.1 Å². The van der Waals surface area contributed by atoms with Gasteiger partial charge in [0, 0.05) is 12.8 Å². The van der Waals surface area contributed by atoms with Crippen molar-refractivity contribution < 1.29 is 4.79 Å². The fourth-order valence-corrected chi connectivity index (χ4v) is 2.47. The number of ketones is 1. The summed E-state index contributed by atoms with van der Waals surface area (Å²) in [4.78, 5) is 11.4. The summed E-state index contributed by atoms with van der Waals surface area (Å²) in [6.45, 7) is 6.63. The highest BCUT2D eigenvalue weighted by Crippen LogP contribution is 2.38. The van der Waals surface area contributed by atoms with E-state index in [-0.39, 0.29) is 5.41 Å². The van der Waals surface area contributed by atoms with Crippen molar-refractivity contribution >= 4 is 5.78 Å². The predicted octanol–water partition coefficient (Wildman–Crippen LogP) is 3.18. The first kappa shape index (κ1) is 9.76. The molecule has 1 unspecified atom stereocenters. The first-order valence-corrected chi connectivity index (χ1v) is 5.05. The summed E-state index contributed by atoms with van der Waals surface area (Å²) >= 11 is 0. The van der Waals surface area contributed by atoms with Gasteiger partial charge in [-0.05, 0) is 17.8 Å². The molecule has 0 heterocycles. The second kappa shape index (κ2) is 3.59. The molecule has 0 bridgehead atoms. The Balaban J connectivity index is 2.51. The van der Waals surface area contributed by atoms with Crippen molar-refractivity contribution in [2.24, 2.45) is 11.3 Å². The maximum absolute atomic E-state index is 11.4.